The second-order valence-electron chi connectivity index (χ2n) is 5.92. The lowest BCUT2D eigenvalue weighted by Crippen LogP contribution is -2.52. The van der Waals surface area contributed by atoms with Crippen LogP contribution in [-0.2, 0) is 5.41 Å². The van der Waals surface area contributed by atoms with Crippen molar-refractivity contribution in [1.82, 2.24) is 5.43 Å². The summed E-state index contributed by atoms with van der Waals surface area (Å²) in [6, 6.07) is 7.03. The van der Waals surface area contributed by atoms with Crippen LogP contribution in [0.2, 0.25) is 0 Å². The molecule has 100 valence electrons. The Morgan fingerprint density at radius 2 is 1.78 bits per heavy atom. The molecule has 2 rings (SSSR count). The highest BCUT2D eigenvalue weighted by molar-refractivity contribution is 5.27. The van der Waals surface area contributed by atoms with E-state index in [2.05, 4.69) is 19.3 Å². The van der Waals surface area contributed by atoms with Gasteiger partial charge >= 0.3 is 0 Å². The Hall–Kier alpha value is -0.930. The molecule has 0 amide bonds. The summed E-state index contributed by atoms with van der Waals surface area (Å²) in [4.78, 5) is 0. The first kappa shape index (κ1) is 13.5. The van der Waals surface area contributed by atoms with Crippen molar-refractivity contribution in [1.29, 1.82) is 0 Å². The standard InChI is InChI=1S/C15H23FN2/c1-15(2,12-7-9-13(16)10-8-12)14(18-17)11-5-3-4-6-11/h7-11,14,18H,3-6,17H2,1-2H3. The predicted molar refractivity (Wildman–Crippen MR) is 72.5 cm³/mol. The molecule has 0 heterocycles. The minimum absolute atomic E-state index is 0.0859. The van der Waals surface area contributed by atoms with E-state index in [0.717, 1.165) is 5.56 Å². The van der Waals surface area contributed by atoms with E-state index in [1.54, 1.807) is 0 Å². The van der Waals surface area contributed by atoms with Crippen molar-refractivity contribution in [3.05, 3.63) is 35.6 Å². The summed E-state index contributed by atoms with van der Waals surface area (Å²) < 4.78 is 13.0. The predicted octanol–water partition coefficient (Wildman–Crippen LogP) is 3.13. The van der Waals surface area contributed by atoms with Crippen molar-refractivity contribution < 1.29 is 4.39 Å². The minimum Gasteiger partial charge on any atom is -0.271 e. The van der Waals surface area contributed by atoms with Gasteiger partial charge in [-0.15, -0.1) is 0 Å². The maximum atomic E-state index is 13.0. The number of rotatable bonds is 4. The van der Waals surface area contributed by atoms with Crippen LogP contribution >= 0.6 is 0 Å². The van der Waals surface area contributed by atoms with Crippen LogP contribution in [0.25, 0.3) is 0 Å². The smallest absolute Gasteiger partial charge is 0.123 e. The highest BCUT2D eigenvalue weighted by atomic mass is 19.1. The average molecular weight is 250 g/mol. The molecule has 1 aliphatic carbocycles. The van der Waals surface area contributed by atoms with Crippen molar-refractivity contribution in [3.63, 3.8) is 0 Å². The van der Waals surface area contributed by atoms with Crippen molar-refractivity contribution in [2.45, 2.75) is 51.0 Å². The molecule has 3 heteroatoms. The molecule has 0 spiro atoms. The summed E-state index contributed by atoms with van der Waals surface area (Å²) in [5, 5.41) is 0. The molecule has 0 aliphatic heterocycles. The lowest BCUT2D eigenvalue weighted by molar-refractivity contribution is 0.248. The van der Waals surface area contributed by atoms with Gasteiger partial charge in [-0.1, -0.05) is 38.8 Å². The Bertz CT molecular complexity index is 380. The normalized spacial score (nSPS) is 19.1. The molecule has 1 aromatic rings. The van der Waals surface area contributed by atoms with Gasteiger partial charge in [-0.3, -0.25) is 11.3 Å². The minimum atomic E-state index is -0.187. The van der Waals surface area contributed by atoms with E-state index in [4.69, 9.17) is 5.84 Å². The van der Waals surface area contributed by atoms with Crippen LogP contribution in [0.5, 0.6) is 0 Å². The van der Waals surface area contributed by atoms with E-state index in [1.807, 2.05) is 12.1 Å². The highest BCUT2D eigenvalue weighted by Crippen LogP contribution is 2.37. The number of nitrogens with two attached hydrogens (primary N) is 1. The molecule has 1 fully saturated rings. The summed E-state index contributed by atoms with van der Waals surface area (Å²) in [6.45, 7) is 4.37. The molecule has 0 saturated heterocycles. The topological polar surface area (TPSA) is 38.0 Å². The second kappa shape index (κ2) is 5.37. The number of hydrogen-bond acceptors (Lipinski definition) is 2. The van der Waals surface area contributed by atoms with Crippen molar-refractivity contribution >= 4 is 0 Å². The SMILES string of the molecule is CC(C)(c1ccc(F)cc1)C(NN)C1CCCC1. The molecular formula is C15H23FN2. The third-order valence-corrected chi connectivity index (χ3v) is 4.42. The summed E-state index contributed by atoms with van der Waals surface area (Å²) in [7, 11) is 0. The summed E-state index contributed by atoms with van der Waals surface area (Å²) in [6.07, 6.45) is 5.06. The van der Waals surface area contributed by atoms with Crippen LogP contribution in [0.4, 0.5) is 4.39 Å². The van der Waals surface area contributed by atoms with Gasteiger partial charge in [0, 0.05) is 11.5 Å². The largest absolute Gasteiger partial charge is 0.271 e. The van der Waals surface area contributed by atoms with E-state index in [1.165, 1.54) is 37.8 Å². The fourth-order valence-electron chi connectivity index (χ4n) is 3.28. The van der Waals surface area contributed by atoms with Gasteiger partial charge in [0.1, 0.15) is 5.82 Å². The molecule has 18 heavy (non-hydrogen) atoms. The Morgan fingerprint density at radius 1 is 1.22 bits per heavy atom. The Labute approximate surface area is 109 Å². The molecule has 1 atom stereocenters. The molecule has 1 unspecified atom stereocenters. The van der Waals surface area contributed by atoms with E-state index >= 15 is 0 Å². The fourth-order valence-corrected chi connectivity index (χ4v) is 3.28. The zero-order chi connectivity index (χ0) is 13.2. The van der Waals surface area contributed by atoms with Gasteiger partial charge in [-0.2, -0.15) is 0 Å². The van der Waals surface area contributed by atoms with E-state index in [0.29, 0.717) is 5.92 Å². The van der Waals surface area contributed by atoms with E-state index < -0.39 is 0 Å². The van der Waals surface area contributed by atoms with Gasteiger partial charge in [0.2, 0.25) is 0 Å². The maximum absolute atomic E-state index is 13.0. The van der Waals surface area contributed by atoms with Crippen LogP contribution in [0.15, 0.2) is 24.3 Å². The number of nitrogens with one attached hydrogen (secondary N) is 1. The van der Waals surface area contributed by atoms with Crippen LogP contribution in [0.1, 0.15) is 45.1 Å². The van der Waals surface area contributed by atoms with Crippen LogP contribution in [0.3, 0.4) is 0 Å². The molecule has 0 bridgehead atoms. The molecule has 1 aliphatic rings. The lowest BCUT2D eigenvalue weighted by atomic mass is 9.72. The first-order valence-electron chi connectivity index (χ1n) is 6.78. The second-order valence-corrected chi connectivity index (χ2v) is 5.92. The number of hydrogen-bond donors (Lipinski definition) is 2. The van der Waals surface area contributed by atoms with Gasteiger partial charge in [-0.05, 0) is 36.5 Å². The Kier molecular flexibility index (Phi) is 4.03. The van der Waals surface area contributed by atoms with Crippen LogP contribution in [-0.4, -0.2) is 6.04 Å². The molecule has 1 saturated carbocycles. The zero-order valence-electron chi connectivity index (χ0n) is 11.2. The Morgan fingerprint density at radius 3 is 2.28 bits per heavy atom. The molecule has 2 nitrogen and oxygen atoms in total. The number of benzene rings is 1. The quantitative estimate of drug-likeness (QED) is 0.636. The zero-order valence-corrected chi connectivity index (χ0v) is 11.2. The van der Waals surface area contributed by atoms with E-state index in [9.17, 15) is 4.39 Å². The Balaban J connectivity index is 2.23. The molecular weight excluding hydrogens is 227 g/mol. The first-order chi connectivity index (χ1) is 8.55. The molecule has 1 aromatic carbocycles. The molecule has 3 N–H and O–H groups in total. The van der Waals surface area contributed by atoms with Crippen molar-refractivity contribution in [3.8, 4) is 0 Å². The van der Waals surface area contributed by atoms with Crippen LogP contribution < -0.4 is 11.3 Å². The van der Waals surface area contributed by atoms with Gasteiger partial charge in [-0.25, -0.2) is 4.39 Å². The van der Waals surface area contributed by atoms with Crippen molar-refractivity contribution in [2.24, 2.45) is 11.8 Å². The highest BCUT2D eigenvalue weighted by Gasteiger charge is 2.37. The maximum Gasteiger partial charge on any atom is 0.123 e. The van der Waals surface area contributed by atoms with Gasteiger partial charge in [0.05, 0.1) is 0 Å². The summed E-state index contributed by atoms with van der Waals surface area (Å²) >= 11 is 0. The van der Waals surface area contributed by atoms with E-state index in [-0.39, 0.29) is 17.3 Å². The fraction of sp³-hybridized carbons (Fsp3) is 0.600. The summed E-state index contributed by atoms with van der Waals surface area (Å²) in [5.41, 5.74) is 4.06. The van der Waals surface area contributed by atoms with Crippen LogP contribution in [0, 0.1) is 11.7 Å². The molecule has 0 aromatic heterocycles. The van der Waals surface area contributed by atoms with Gasteiger partial charge in [0.25, 0.3) is 0 Å². The first-order valence-corrected chi connectivity index (χ1v) is 6.78. The van der Waals surface area contributed by atoms with Gasteiger partial charge in [0.15, 0.2) is 0 Å². The monoisotopic (exact) mass is 250 g/mol. The molecule has 0 radical (unpaired) electrons. The lowest BCUT2D eigenvalue weighted by Gasteiger charge is -2.38. The summed E-state index contributed by atoms with van der Waals surface area (Å²) in [5.74, 6) is 6.21. The third-order valence-electron chi connectivity index (χ3n) is 4.42. The average Bonchev–Trinajstić information content (AvgIpc) is 2.84. The van der Waals surface area contributed by atoms with Gasteiger partial charge < -0.3 is 0 Å². The number of hydrazine groups is 1. The number of halogens is 1. The van der Waals surface area contributed by atoms with Crippen molar-refractivity contribution in [2.75, 3.05) is 0 Å². The third kappa shape index (κ3) is 2.57.